The van der Waals surface area contributed by atoms with Gasteiger partial charge in [-0.2, -0.15) is 5.10 Å². The third-order valence-corrected chi connectivity index (χ3v) is 6.05. The number of carbonyl (C=O) groups excluding carboxylic acids is 2. The van der Waals surface area contributed by atoms with Crippen molar-refractivity contribution in [1.29, 1.82) is 0 Å². The molecule has 2 N–H and O–H groups in total. The molecule has 6 nitrogen and oxygen atoms in total. The summed E-state index contributed by atoms with van der Waals surface area (Å²) in [4.78, 5) is 25.1. The van der Waals surface area contributed by atoms with Gasteiger partial charge < -0.3 is 10.6 Å². The van der Waals surface area contributed by atoms with E-state index in [0.29, 0.717) is 18.0 Å². The molecule has 0 aliphatic carbocycles. The molecule has 8 heteroatoms. The van der Waals surface area contributed by atoms with Gasteiger partial charge in [0, 0.05) is 12.2 Å². The van der Waals surface area contributed by atoms with Crippen LogP contribution >= 0.6 is 27.3 Å². The third kappa shape index (κ3) is 5.77. The zero-order valence-electron chi connectivity index (χ0n) is 16.5. The van der Waals surface area contributed by atoms with E-state index in [2.05, 4.69) is 43.8 Å². The Morgan fingerprint density at radius 3 is 2.59 bits per heavy atom. The van der Waals surface area contributed by atoms with Gasteiger partial charge in [0.15, 0.2) is 0 Å². The first-order valence-electron chi connectivity index (χ1n) is 9.24. The van der Waals surface area contributed by atoms with Gasteiger partial charge in [0.1, 0.15) is 6.04 Å². The van der Waals surface area contributed by atoms with Crippen LogP contribution in [-0.2, 0) is 17.9 Å². The largest absolute Gasteiger partial charge is 0.350 e. The van der Waals surface area contributed by atoms with Crippen molar-refractivity contribution in [2.45, 2.75) is 39.9 Å². The molecule has 1 aromatic carbocycles. The fraction of sp³-hybridized carbons (Fsp3) is 0.286. The van der Waals surface area contributed by atoms with Crippen LogP contribution in [0.25, 0.3) is 0 Å². The van der Waals surface area contributed by atoms with E-state index in [4.69, 9.17) is 0 Å². The quantitative estimate of drug-likeness (QED) is 0.546. The Labute approximate surface area is 182 Å². The second-order valence-electron chi connectivity index (χ2n) is 6.92. The molecule has 29 heavy (non-hydrogen) atoms. The van der Waals surface area contributed by atoms with Crippen molar-refractivity contribution < 1.29 is 9.59 Å². The smallest absolute Gasteiger partial charge is 0.262 e. The number of benzene rings is 1. The molecule has 0 spiro atoms. The molecule has 2 aromatic heterocycles. The van der Waals surface area contributed by atoms with Crippen molar-refractivity contribution in [3.05, 3.63) is 73.6 Å². The summed E-state index contributed by atoms with van der Waals surface area (Å²) < 4.78 is 2.84. The Bertz CT molecular complexity index is 1030. The molecule has 3 aromatic rings. The molecule has 2 heterocycles. The van der Waals surface area contributed by atoms with Crippen molar-refractivity contribution in [2.24, 2.45) is 0 Å². The molecule has 0 aliphatic rings. The fourth-order valence-corrected chi connectivity index (χ4v) is 4.25. The van der Waals surface area contributed by atoms with Crippen LogP contribution in [0.5, 0.6) is 0 Å². The first kappa shape index (κ1) is 21.3. The number of amides is 2. The summed E-state index contributed by atoms with van der Waals surface area (Å²) in [5.41, 5.74) is 4.23. The monoisotopic (exact) mass is 474 g/mol. The van der Waals surface area contributed by atoms with Gasteiger partial charge in [-0.15, -0.1) is 11.3 Å². The van der Waals surface area contributed by atoms with Crippen molar-refractivity contribution >= 4 is 39.1 Å². The van der Waals surface area contributed by atoms with E-state index in [9.17, 15) is 9.59 Å². The van der Waals surface area contributed by atoms with Crippen LogP contribution in [0.4, 0.5) is 0 Å². The minimum Gasteiger partial charge on any atom is -0.350 e. The summed E-state index contributed by atoms with van der Waals surface area (Å²) >= 11 is 4.66. The highest BCUT2D eigenvalue weighted by Gasteiger charge is 2.17. The van der Waals surface area contributed by atoms with Crippen LogP contribution in [0.15, 0.2) is 46.3 Å². The van der Waals surface area contributed by atoms with E-state index >= 15 is 0 Å². The van der Waals surface area contributed by atoms with Crippen molar-refractivity contribution in [3.8, 4) is 0 Å². The highest BCUT2D eigenvalue weighted by molar-refractivity contribution is 9.11. The van der Waals surface area contributed by atoms with Gasteiger partial charge in [-0.3, -0.25) is 14.3 Å². The predicted molar refractivity (Wildman–Crippen MR) is 118 cm³/mol. The molecule has 0 aliphatic heterocycles. The summed E-state index contributed by atoms with van der Waals surface area (Å²) in [6.07, 6.45) is 0. The van der Waals surface area contributed by atoms with Gasteiger partial charge >= 0.3 is 0 Å². The van der Waals surface area contributed by atoms with E-state index in [1.165, 1.54) is 11.3 Å². The summed E-state index contributed by atoms with van der Waals surface area (Å²) in [5.74, 6) is -0.479. The molecule has 0 radical (unpaired) electrons. The molecule has 3 rings (SSSR count). The van der Waals surface area contributed by atoms with Crippen LogP contribution in [0.1, 0.15) is 39.1 Å². The van der Waals surface area contributed by atoms with Crippen LogP contribution < -0.4 is 10.6 Å². The van der Waals surface area contributed by atoms with Crippen molar-refractivity contribution in [2.75, 3.05) is 0 Å². The minimum absolute atomic E-state index is 0.224. The van der Waals surface area contributed by atoms with Crippen LogP contribution in [-0.4, -0.2) is 27.6 Å². The van der Waals surface area contributed by atoms with E-state index in [1.54, 1.807) is 13.0 Å². The van der Waals surface area contributed by atoms with Gasteiger partial charge in [-0.05, 0) is 66.0 Å². The highest BCUT2D eigenvalue weighted by atomic mass is 79.9. The maximum absolute atomic E-state index is 12.4. The standard InChI is InChI=1S/C21H23BrN4O2S/c1-13-9-14(2)26(25-13)12-17-6-4-5-16(10-17)11-23-20(27)15(3)24-21(28)18-7-8-19(22)29-18/h4-10,15H,11-12H2,1-3H3,(H,23,27)(H,24,28)/t15-/m0/s1. The number of thiophene rings is 1. The van der Waals surface area contributed by atoms with Gasteiger partial charge in [-0.25, -0.2) is 0 Å². The lowest BCUT2D eigenvalue weighted by molar-refractivity contribution is -0.122. The minimum atomic E-state index is -0.624. The number of hydrogen-bond acceptors (Lipinski definition) is 4. The second kappa shape index (κ2) is 9.37. The van der Waals surface area contributed by atoms with E-state index in [1.807, 2.05) is 42.8 Å². The van der Waals surface area contributed by atoms with E-state index in [-0.39, 0.29) is 11.8 Å². The molecule has 1 atom stereocenters. The SMILES string of the molecule is Cc1cc(C)n(Cc2cccc(CNC(=O)[C@H](C)NC(=O)c3ccc(Br)s3)c2)n1. The Morgan fingerprint density at radius 1 is 1.17 bits per heavy atom. The Morgan fingerprint density at radius 2 is 1.93 bits per heavy atom. The molecule has 0 fully saturated rings. The first-order valence-corrected chi connectivity index (χ1v) is 10.9. The van der Waals surface area contributed by atoms with Crippen LogP contribution in [0, 0.1) is 13.8 Å². The van der Waals surface area contributed by atoms with Crippen molar-refractivity contribution in [3.63, 3.8) is 0 Å². The number of nitrogens with zero attached hydrogens (tertiary/aromatic N) is 2. The lowest BCUT2D eigenvalue weighted by Gasteiger charge is -2.14. The molecule has 0 unspecified atom stereocenters. The maximum atomic E-state index is 12.4. The van der Waals surface area contributed by atoms with Gasteiger partial charge in [0.2, 0.25) is 5.91 Å². The number of rotatable bonds is 7. The molecule has 152 valence electrons. The van der Waals surface area contributed by atoms with Crippen molar-refractivity contribution in [1.82, 2.24) is 20.4 Å². The summed E-state index contributed by atoms with van der Waals surface area (Å²) in [7, 11) is 0. The predicted octanol–water partition coefficient (Wildman–Crippen LogP) is 3.81. The number of aromatic nitrogens is 2. The average Bonchev–Trinajstić information content (AvgIpc) is 3.25. The number of carbonyl (C=O) groups is 2. The summed E-state index contributed by atoms with van der Waals surface area (Å²) in [6.45, 7) is 6.77. The van der Waals surface area contributed by atoms with Gasteiger partial charge in [0.25, 0.3) is 5.91 Å². The zero-order chi connectivity index (χ0) is 21.0. The fourth-order valence-electron chi connectivity index (χ4n) is 2.96. The Balaban J connectivity index is 1.54. The van der Waals surface area contributed by atoms with E-state index < -0.39 is 6.04 Å². The number of hydrogen-bond donors (Lipinski definition) is 2. The molecular formula is C21H23BrN4O2S. The van der Waals surface area contributed by atoms with Crippen LogP contribution in [0.3, 0.4) is 0 Å². The first-order chi connectivity index (χ1) is 13.8. The topological polar surface area (TPSA) is 76.0 Å². The lowest BCUT2D eigenvalue weighted by Crippen LogP contribution is -2.44. The highest BCUT2D eigenvalue weighted by Crippen LogP contribution is 2.21. The maximum Gasteiger partial charge on any atom is 0.262 e. The van der Waals surface area contributed by atoms with Gasteiger partial charge in [-0.1, -0.05) is 24.3 Å². The Hall–Kier alpha value is -2.45. The molecule has 0 saturated heterocycles. The number of nitrogens with one attached hydrogen (secondary N) is 2. The third-order valence-electron chi connectivity index (χ3n) is 4.43. The van der Waals surface area contributed by atoms with Crippen LogP contribution in [0.2, 0.25) is 0 Å². The van der Waals surface area contributed by atoms with Gasteiger partial charge in [0.05, 0.1) is 20.9 Å². The number of halogens is 1. The molecular weight excluding hydrogens is 452 g/mol. The lowest BCUT2D eigenvalue weighted by atomic mass is 10.1. The normalized spacial score (nSPS) is 11.9. The Kier molecular flexibility index (Phi) is 6.87. The summed E-state index contributed by atoms with van der Waals surface area (Å²) in [6, 6.07) is 13.0. The number of aryl methyl sites for hydroxylation is 2. The zero-order valence-corrected chi connectivity index (χ0v) is 18.9. The summed E-state index contributed by atoms with van der Waals surface area (Å²) in [5, 5.41) is 10.1. The molecule has 0 saturated carbocycles. The molecule has 2 amide bonds. The second-order valence-corrected chi connectivity index (χ2v) is 9.38. The molecule has 0 bridgehead atoms. The van der Waals surface area contributed by atoms with E-state index in [0.717, 1.165) is 26.3 Å². The average molecular weight is 475 g/mol.